The molecule has 5 nitrogen and oxygen atoms in total. The van der Waals surface area contributed by atoms with Crippen molar-refractivity contribution in [2.75, 3.05) is 19.0 Å². The highest BCUT2D eigenvalue weighted by atomic mass is 16.5. The van der Waals surface area contributed by atoms with E-state index >= 15 is 0 Å². The summed E-state index contributed by atoms with van der Waals surface area (Å²) in [5.41, 5.74) is 3.74. The lowest BCUT2D eigenvalue weighted by atomic mass is 10.1. The summed E-state index contributed by atoms with van der Waals surface area (Å²) in [6.45, 7) is 3.63. The number of ether oxygens (including phenoxy) is 2. The molecule has 0 fully saturated rings. The normalized spacial score (nSPS) is 10.5. The van der Waals surface area contributed by atoms with E-state index in [-0.39, 0.29) is 12.5 Å². The highest BCUT2D eigenvalue weighted by Crippen LogP contribution is 2.14. The Bertz CT molecular complexity index is 779. The molecule has 0 aromatic heterocycles. The molecule has 0 unspecified atom stereocenters. The first kappa shape index (κ1) is 18.3. The Morgan fingerprint density at radius 2 is 1.76 bits per heavy atom. The third kappa shape index (κ3) is 5.80. The van der Waals surface area contributed by atoms with Crippen LogP contribution < -0.4 is 10.1 Å². The predicted octanol–water partition coefficient (Wildman–Crippen LogP) is 3.51. The second-order valence-corrected chi connectivity index (χ2v) is 5.56. The van der Waals surface area contributed by atoms with E-state index in [2.05, 4.69) is 5.32 Å². The quantitative estimate of drug-likeness (QED) is 0.646. The van der Waals surface area contributed by atoms with Crippen LogP contribution in [0.15, 0.2) is 48.5 Å². The van der Waals surface area contributed by atoms with Crippen molar-refractivity contribution in [3.63, 3.8) is 0 Å². The zero-order valence-electron chi connectivity index (χ0n) is 14.5. The van der Waals surface area contributed by atoms with Gasteiger partial charge in [-0.05, 0) is 60.9 Å². The number of amides is 1. The van der Waals surface area contributed by atoms with E-state index < -0.39 is 5.97 Å². The van der Waals surface area contributed by atoms with Gasteiger partial charge in [0.25, 0.3) is 5.91 Å². The van der Waals surface area contributed by atoms with Crippen molar-refractivity contribution < 1.29 is 19.1 Å². The number of benzene rings is 2. The van der Waals surface area contributed by atoms with Crippen LogP contribution in [-0.2, 0) is 14.3 Å². The Morgan fingerprint density at radius 3 is 2.40 bits per heavy atom. The maximum atomic E-state index is 11.8. The molecular weight excluding hydrogens is 318 g/mol. The molecule has 2 rings (SSSR count). The summed E-state index contributed by atoms with van der Waals surface area (Å²) in [5.74, 6) is -0.219. The van der Waals surface area contributed by atoms with Crippen molar-refractivity contribution in [2.45, 2.75) is 13.8 Å². The summed E-state index contributed by atoms with van der Waals surface area (Å²) in [6.07, 6.45) is 2.90. The molecule has 0 spiro atoms. The van der Waals surface area contributed by atoms with Crippen LogP contribution in [0.2, 0.25) is 0 Å². The Hall–Kier alpha value is -3.08. The van der Waals surface area contributed by atoms with Crippen LogP contribution in [0.25, 0.3) is 6.08 Å². The molecule has 0 aliphatic rings. The van der Waals surface area contributed by atoms with Crippen LogP contribution in [-0.4, -0.2) is 25.6 Å². The van der Waals surface area contributed by atoms with Gasteiger partial charge in [0.15, 0.2) is 6.61 Å². The molecule has 130 valence electrons. The van der Waals surface area contributed by atoms with E-state index in [9.17, 15) is 9.59 Å². The lowest BCUT2D eigenvalue weighted by Gasteiger charge is -2.07. The largest absolute Gasteiger partial charge is 0.497 e. The Morgan fingerprint density at radius 1 is 1.04 bits per heavy atom. The van der Waals surface area contributed by atoms with Gasteiger partial charge in [0.2, 0.25) is 0 Å². The van der Waals surface area contributed by atoms with E-state index in [0.29, 0.717) is 5.69 Å². The Labute approximate surface area is 147 Å². The fourth-order valence-electron chi connectivity index (χ4n) is 2.08. The zero-order valence-corrected chi connectivity index (χ0v) is 14.5. The summed E-state index contributed by atoms with van der Waals surface area (Å²) in [5, 5.41) is 2.70. The lowest BCUT2D eigenvalue weighted by Crippen LogP contribution is -2.20. The van der Waals surface area contributed by atoms with Crippen molar-refractivity contribution >= 4 is 23.6 Å². The number of aryl methyl sites for hydroxylation is 2. The van der Waals surface area contributed by atoms with Crippen LogP contribution in [0, 0.1) is 13.8 Å². The monoisotopic (exact) mass is 339 g/mol. The lowest BCUT2D eigenvalue weighted by molar-refractivity contribution is -0.142. The maximum absolute atomic E-state index is 11.8. The number of hydrogen-bond donors (Lipinski definition) is 1. The minimum atomic E-state index is -0.578. The van der Waals surface area contributed by atoms with Crippen molar-refractivity contribution in [2.24, 2.45) is 0 Å². The Kier molecular flexibility index (Phi) is 6.34. The van der Waals surface area contributed by atoms with Gasteiger partial charge in [-0.15, -0.1) is 0 Å². The molecule has 1 amide bonds. The molecule has 0 aliphatic carbocycles. The fourth-order valence-corrected chi connectivity index (χ4v) is 2.08. The van der Waals surface area contributed by atoms with Crippen molar-refractivity contribution in [1.82, 2.24) is 0 Å². The molecule has 0 atom stereocenters. The zero-order chi connectivity index (χ0) is 18.2. The van der Waals surface area contributed by atoms with Gasteiger partial charge in [-0.3, -0.25) is 4.79 Å². The van der Waals surface area contributed by atoms with Crippen LogP contribution in [0.5, 0.6) is 5.75 Å². The summed E-state index contributed by atoms with van der Waals surface area (Å²) in [6, 6.07) is 12.8. The molecular formula is C20H21NO4. The molecule has 1 N–H and O–H groups in total. The number of rotatable bonds is 6. The van der Waals surface area contributed by atoms with Gasteiger partial charge in [-0.1, -0.05) is 18.2 Å². The first-order valence-corrected chi connectivity index (χ1v) is 7.84. The summed E-state index contributed by atoms with van der Waals surface area (Å²) in [4.78, 5) is 23.5. The number of esters is 1. The molecule has 5 heteroatoms. The van der Waals surface area contributed by atoms with Gasteiger partial charge in [0.1, 0.15) is 5.75 Å². The molecule has 0 saturated heterocycles. The van der Waals surface area contributed by atoms with Gasteiger partial charge in [0, 0.05) is 11.8 Å². The summed E-state index contributed by atoms with van der Waals surface area (Å²) >= 11 is 0. The van der Waals surface area contributed by atoms with Crippen LogP contribution >= 0.6 is 0 Å². The van der Waals surface area contributed by atoms with Crippen LogP contribution in [0.1, 0.15) is 16.7 Å². The molecule has 0 saturated carbocycles. The molecule has 0 bridgehead atoms. The molecule has 2 aromatic rings. The van der Waals surface area contributed by atoms with Crippen LogP contribution in [0.4, 0.5) is 5.69 Å². The molecule has 0 heterocycles. The number of anilines is 1. The molecule has 25 heavy (non-hydrogen) atoms. The van der Waals surface area contributed by atoms with Crippen molar-refractivity contribution in [3.8, 4) is 5.75 Å². The smallest absolute Gasteiger partial charge is 0.331 e. The standard InChI is InChI=1S/C20H21NO4/c1-14-4-8-17(12-15(14)2)21-19(22)13-25-20(23)11-7-16-5-9-18(24-3)10-6-16/h4-12H,13H2,1-3H3,(H,21,22). The van der Waals surface area contributed by atoms with Crippen molar-refractivity contribution in [1.29, 1.82) is 0 Å². The van der Waals surface area contributed by atoms with Crippen molar-refractivity contribution in [3.05, 3.63) is 65.2 Å². The third-order valence-corrected chi connectivity index (χ3v) is 3.66. The number of hydrogen-bond acceptors (Lipinski definition) is 4. The third-order valence-electron chi connectivity index (χ3n) is 3.66. The summed E-state index contributed by atoms with van der Waals surface area (Å²) < 4.78 is 10.00. The van der Waals surface area contributed by atoms with E-state index in [4.69, 9.17) is 9.47 Å². The number of carbonyl (C=O) groups is 2. The first-order valence-electron chi connectivity index (χ1n) is 7.84. The second-order valence-electron chi connectivity index (χ2n) is 5.56. The Balaban J connectivity index is 1.81. The van der Waals surface area contributed by atoms with Gasteiger partial charge >= 0.3 is 5.97 Å². The van der Waals surface area contributed by atoms with Gasteiger partial charge in [0.05, 0.1) is 7.11 Å². The minimum absolute atomic E-state index is 0.335. The molecule has 0 aliphatic heterocycles. The average molecular weight is 339 g/mol. The number of methoxy groups -OCH3 is 1. The van der Waals surface area contributed by atoms with E-state index in [1.807, 2.05) is 44.2 Å². The van der Waals surface area contributed by atoms with Gasteiger partial charge < -0.3 is 14.8 Å². The molecule has 0 radical (unpaired) electrons. The van der Waals surface area contributed by atoms with Gasteiger partial charge in [-0.25, -0.2) is 4.79 Å². The highest BCUT2D eigenvalue weighted by molar-refractivity contribution is 5.94. The number of carbonyl (C=O) groups excluding carboxylic acids is 2. The SMILES string of the molecule is COc1ccc(C=CC(=O)OCC(=O)Nc2ccc(C)c(C)c2)cc1. The van der Waals surface area contributed by atoms with Crippen LogP contribution in [0.3, 0.4) is 0 Å². The summed E-state index contributed by atoms with van der Waals surface area (Å²) in [7, 11) is 1.59. The highest BCUT2D eigenvalue weighted by Gasteiger charge is 2.06. The number of nitrogens with one attached hydrogen (secondary N) is 1. The van der Waals surface area contributed by atoms with Gasteiger partial charge in [-0.2, -0.15) is 0 Å². The minimum Gasteiger partial charge on any atom is -0.497 e. The maximum Gasteiger partial charge on any atom is 0.331 e. The van der Waals surface area contributed by atoms with E-state index in [1.165, 1.54) is 6.08 Å². The topological polar surface area (TPSA) is 64.6 Å². The second kappa shape index (κ2) is 8.68. The first-order chi connectivity index (χ1) is 12.0. The predicted molar refractivity (Wildman–Crippen MR) is 97.5 cm³/mol. The molecule has 2 aromatic carbocycles. The average Bonchev–Trinajstić information content (AvgIpc) is 2.61. The van der Waals surface area contributed by atoms with E-state index in [0.717, 1.165) is 22.4 Å². The van der Waals surface area contributed by atoms with E-state index in [1.54, 1.807) is 25.3 Å². The fraction of sp³-hybridized carbons (Fsp3) is 0.200.